The van der Waals surface area contributed by atoms with Gasteiger partial charge in [0.15, 0.2) is 0 Å². The van der Waals surface area contributed by atoms with Crippen molar-refractivity contribution in [2.24, 2.45) is 0 Å². The van der Waals surface area contributed by atoms with Crippen molar-refractivity contribution in [3.05, 3.63) is 76.9 Å². The molecule has 142 valence electrons. The van der Waals surface area contributed by atoms with Gasteiger partial charge in [0, 0.05) is 6.07 Å². The molecule has 28 heavy (non-hydrogen) atoms. The van der Waals surface area contributed by atoms with Crippen LogP contribution in [0.4, 0.5) is 14.6 Å². The van der Waals surface area contributed by atoms with Gasteiger partial charge in [0.1, 0.15) is 35.0 Å². The van der Waals surface area contributed by atoms with E-state index in [-0.39, 0.29) is 32.8 Å². The lowest BCUT2D eigenvalue weighted by atomic mass is 10.2. The van der Waals surface area contributed by atoms with Gasteiger partial charge in [-0.1, -0.05) is 11.6 Å². The molecular weight excluding hydrogens is 412 g/mol. The molecule has 1 aromatic heterocycles. The Morgan fingerprint density at radius 2 is 1.89 bits per heavy atom. The number of aromatic nitrogens is 1. The molecule has 0 aliphatic carbocycles. The lowest BCUT2D eigenvalue weighted by Crippen LogP contribution is -2.14. The van der Waals surface area contributed by atoms with Gasteiger partial charge in [-0.25, -0.2) is 22.2 Å². The first kappa shape index (κ1) is 19.5. The fraction of sp³-hybridized carbons (Fsp3) is 0. The second-order valence-electron chi connectivity index (χ2n) is 5.41. The third-order valence-electron chi connectivity index (χ3n) is 3.47. The van der Waals surface area contributed by atoms with Gasteiger partial charge < -0.3 is 4.74 Å². The lowest BCUT2D eigenvalue weighted by molar-refractivity contribution is 0.478. The molecule has 1 N–H and O–H groups in total. The molecule has 0 unspecified atom stereocenters. The normalized spacial score (nSPS) is 10.9. The Hall–Kier alpha value is -3.22. The van der Waals surface area contributed by atoms with Crippen LogP contribution in [-0.4, -0.2) is 13.4 Å². The number of nitrogens with one attached hydrogen (secondary N) is 1. The monoisotopic (exact) mass is 421 g/mol. The van der Waals surface area contributed by atoms with E-state index in [1.165, 1.54) is 24.3 Å². The van der Waals surface area contributed by atoms with Crippen molar-refractivity contribution in [2.75, 3.05) is 4.72 Å². The predicted octanol–water partition coefficient (Wildman–Crippen LogP) is 4.48. The number of hydrogen-bond donors (Lipinski definition) is 1. The smallest absolute Gasteiger partial charge is 0.263 e. The topological polar surface area (TPSA) is 92.1 Å². The summed E-state index contributed by atoms with van der Waals surface area (Å²) >= 11 is 5.69. The van der Waals surface area contributed by atoms with Crippen LogP contribution in [-0.2, 0) is 10.0 Å². The molecule has 3 rings (SSSR count). The summed E-state index contributed by atoms with van der Waals surface area (Å²) in [5, 5.41) is 9.16. The molecule has 0 radical (unpaired) electrons. The number of halogens is 3. The fourth-order valence-corrected chi connectivity index (χ4v) is 3.36. The van der Waals surface area contributed by atoms with E-state index in [0.717, 1.165) is 30.5 Å². The van der Waals surface area contributed by atoms with E-state index in [1.54, 1.807) is 0 Å². The Labute approximate surface area is 164 Å². The second kappa shape index (κ2) is 7.80. The van der Waals surface area contributed by atoms with Crippen molar-refractivity contribution in [3.8, 4) is 17.6 Å². The van der Waals surface area contributed by atoms with Crippen molar-refractivity contribution in [1.82, 2.24) is 4.98 Å². The van der Waals surface area contributed by atoms with E-state index < -0.39 is 21.7 Å². The van der Waals surface area contributed by atoms with Crippen LogP contribution in [0.1, 0.15) is 5.56 Å². The van der Waals surface area contributed by atoms with Gasteiger partial charge in [-0.05, 0) is 42.5 Å². The number of benzene rings is 2. The molecule has 0 fully saturated rings. The molecule has 1 heterocycles. The number of nitriles is 1. The Kier molecular flexibility index (Phi) is 5.44. The van der Waals surface area contributed by atoms with Gasteiger partial charge in [-0.2, -0.15) is 5.26 Å². The minimum absolute atomic E-state index is 0.0593. The minimum Gasteiger partial charge on any atom is -0.456 e. The van der Waals surface area contributed by atoms with Crippen molar-refractivity contribution in [2.45, 2.75) is 4.90 Å². The van der Waals surface area contributed by atoms with E-state index in [9.17, 15) is 22.5 Å². The van der Waals surface area contributed by atoms with Crippen LogP contribution < -0.4 is 9.46 Å². The predicted molar refractivity (Wildman–Crippen MR) is 97.6 cm³/mol. The van der Waals surface area contributed by atoms with Gasteiger partial charge in [-0.3, -0.25) is 4.72 Å². The molecule has 3 aromatic rings. The summed E-state index contributed by atoms with van der Waals surface area (Å²) < 4.78 is 58.7. The fourth-order valence-electron chi connectivity index (χ4n) is 2.15. The van der Waals surface area contributed by atoms with Crippen molar-refractivity contribution < 1.29 is 21.9 Å². The highest BCUT2D eigenvalue weighted by Crippen LogP contribution is 2.30. The highest BCUT2D eigenvalue weighted by atomic mass is 35.5. The number of pyridine rings is 1. The molecule has 0 saturated carbocycles. The Morgan fingerprint density at radius 3 is 2.54 bits per heavy atom. The summed E-state index contributed by atoms with van der Waals surface area (Å²) in [6.07, 6.45) is 0.864. The molecule has 0 bridgehead atoms. The number of rotatable bonds is 5. The maximum absolute atomic E-state index is 13.2. The van der Waals surface area contributed by atoms with Crippen LogP contribution in [0.3, 0.4) is 0 Å². The van der Waals surface area contributed by atoms with E-state index in [1.807, 2.05) is 6.07 Å². The van der Waals surface area contributed by atoms with Gasteiger partial charge in [0.25, 0.3) is 10.0 Å². The average Bonchev–Trinajstić information content (AvgIpc) is 2.66. The summed E-state index contributed by atoms with van der Waals surface area (Å²) in [6.45, 7) is 0. The van der Waals surface area contributed by atoms with Crippen molar-refractivity contribution in [3.63, 3.8) is 0 Å². The molecule has 0 amide bonds. The number of hydrogen-bond acceptors (Lipinski definition) is 5. The highest BCUT2D eigenvalue weighted by Gasteiger charge is 2.18. The highest BCUT2D eigenvalue weighted by molar-refractivity contribution is 7.92. The zero-order valence-corrected chi connectivity index (χ0v) is 15.4. The first-order valence-electron chi connectivity index (χ1n) is 7.60. The molecule has 0 atom stereocenters. The lowest BCUT2D eigenvalue weighted by Gasteiger charge is -2.11. The Balaban J connectivity index is 1.88. The van der Waals surface area contributed by atoms with Crippen LogP contribution in [0.15, 0.2) is 59.6 Å². The van der Waals surface area contributed by atoms with E-state index in [2.05, 4.69) is 9.71 Å². The maximum Gasteiger partial charge on any atom is 0.263 e. The third-order valence-corrected chi connectivity index (χ3v) is 5.11. The second-order valence-corrected chi connectivity index (χ2v) is 7.50. The Morgan fingerprint density at radius 1 is 1.11 bits per heavy atom. The number of nitrogens with zero attached hydrogens (tertiary/aromatic N) is 2. The summed E-state index contributed by atoms with van der Waals surface area (Å²) in [4.78, 5) is 3.40. The van der Waals surface area contributed by atoms with Crippen LogP contribution in [0, 0.1) is 23.0 Å². The van der Waals surface area contributed by atoms with E-state index >= 15 is 0 Å². The van der Waals surface area contributed by atoms with Crippen molar-refractivity contribution in [1.29, 1.82) is 5.26 Å². The SMILES string of the molecule is N#Cc1cc(S(=O)(=O)Nc2ccc(F)cn2)ccc1Oc1ccc(F)c(Cl)c1. The average molecular weight is 422 g/mol. The zero-order chi connectivity index (χ0) is 20.3. The van der Waals surface area contributed by atoms with Crippen LogP contribution in [0.25, 0.3) is 0 Å². The maximum atomic E-state index is 13.2. The summed E-state index contributed by atoms with van der Waals surface area (Å²) in [6, 6.07) is 11.3. The van der Waals surface area contributed by atoms with E-state index in [4.69, 9.17) is 16.3 Å². The molecule has 2 aromatic carbocycles. The molecule has 0 saturated heterocycles. The van der Waals surface area contributed by atoms with Gasteiger partial charge in [0.2, 0.25) is 0 Å². The van der Waals surface area contributed by atoms with Crippen LogP contribution in [0.5, 0.6) is 11.5 Å². The first-order chi connectivity index (χ1) is 13.3. The van der Waals surface area contributed by atoms with Crippen LogP contribution >= 0.6 is 11.6 Å². The first-order valence-corrected chi connectivity index (χ1v) is 9.46. The summed E-state index contributed by atoms with van der Waals surface area (Å²) in [7, 11) is -4.07. The van der Waals surface area contributed by atoms with E-state index in [0.29, 0.717) is 0 Å². The molecule has 10 heteroatoms. The molecule has 6 nitrogen and oxygen atoms in total. The van der Waals surface area contributed by atoms with Crippen LogP contribution in [0.2, 0.25) is 5.02 Å². The van der Waals surface area contributed by atoms with Gasteiger partial charge >= 0.3 is 0 Å². The standard InChI is InChI=1S/C18H10ClF2N3O3S/c19-15-8-13(2-4-16(15)21)27-17-5-3-14(7-11(17)9-22)28(25,26)24-18-6-1-12(20)10-23-18/h1-8,10H,(H,23,24). The largest absolute Gasteiger partial charge is 0.456 e. The van der Waals surface area contributed by atoms with Gasteiger partial charge in [-0.15, -0.1) is 0 Å². The quantitative estimate of drug-likeness (QED) is 0.655. The molecule has 0 spiro atoms. The Bertz CT molecular complexity index is 1180. The van der Waals surface area contributed by atoms with Crippen molar-refractivity contribution >= 4 is 27.4 Å². The summed E-state index contributed by atoms with van der Waals surface area (Å²) in [5.74, 6) is -1.09. The number of sulfonamides is 1. The summed E-state index contributed by atoms with van der Waals surface area (Å²) in [5.41, 5.74) is -0.0737. The number of anilines is 1. The third kappa shape index (κ3) is 4.36. The molecule has 0 aliphatic rings. The molecular formula is C18H10ClF2N3O3S. The minimum atomic E-state index is -4.07. The molecule has 0 aliphatic heterocycles. The zero-order valence-electron chi connectivity index (χ0n) is 13.9. The van der Waals surface area contributed by atoms with Gasteiger partial charge in [0.05, 0.1) is 21.7 Å². The number of ether oxygens (including phenoxy) is 1.